The number of hydrogen-bond acceptors (Lipinski definition) is 3. The minimum absolute atomic E-state index is 0.388. The number of benzene rings is 1. The van der Waals surface area contributed by atoms with Crippen LogP contribution < -0.4 is 11.1 Å². The van der Waals surface area contributed by atoms with Crippen LogP contribution in [-0.4, -0.2) is 9.97 Å². The monoisotopic (exact) mass is 285 g/mol. The fraction of sp³-hybridized carbons (Fsp3) is 0.250. The molecule has 1 aromatic heterocycles. The molecule has 0 bridgehead atoms. The second-order valence-electron chi connectivity index (χ2n) is 4.83. The Kier molecular flexibility index (Phi) is 4.35. The molecule has 0 radical (unpaired) electrons. The highest BCUT2D eigenvalue weighted by molar-refractivity contribution is 7.80. The van der Waals surface area contributed by atoms with E-state index in [4.69, 9.17) is 18.0 Å². The van der Waals surface area contributed by atoms with Crippen molar-refractivity contribution in [2.24, 2.45) is 5.73 Å². The Morgan fingerprint density at radius 1 is 1.30 bits per heavy atom. The molecular weight excluding hydrogens is 266 g/mol. The number of rotatable bonds is 4. The van der Waals surface area contributed by atoms with Crippen LogP contribution in [0.3, 0.4) is 0 Å². The standard InChI is InChI=1S/C16H19N3S/c1-4-12-7-5-6-10(2)15(12)19-14-9-13(16(17)20)8-11(3)18-14/h5-9H,4H2,1-3H3,(H2,17,20)(H,18,19). The maximum absolute atomic E-state index is 5.71. The quantitative estimate of drug-likeness (QED) is 0.842. The molecule has 3 N–H and O–H groups in total. The molecule has 0 aliphatic carbocycles. The van der Waals surface area contributed by atoms with Gasteiger partial charge in [0.15, 0.2) is 0 Å². The van der Waals surface area contributed by atoms with Gasteiger partial charge in [-0.1, -0.05) is 37.3 Å². The zero-order valence-electron chi connectivity index (χ0n) is 12.0. The first-order valence-corrected chi connectivity index (χ1v) is 7.06. The molecule has 1 aromatic carbocycles. The lowest BCUT2D eigenvalue weighted by Crippen LogP contribution is -2.11. The van der Waals surface area contributed by atoms with E-state index in [1.54, 1.807) is 0 Å². The number of aromatic nitrogens is 1. The van der Waals surface area contributed by atoms with Gasteiger partial charge in [-0.25, -0.2) is 4.98 Å². The van der Waals surface area contributed by atoms with Crippen molar-refractivity contribution < 1.29 is 0 Å². The van der Waals surface area contributed by atoms with Crippen molar-refractivity contribution in [3.8, 4) is 0 Å². The molecule has 1 heterocycles. The predicted octanol–water partition coefficient (Wildman–Crippen LogP) is 3.64. The van der Waals surface area contributed by atoms with Crippen LogP contribution in [0, 0.1) is 13.8 Å². The predicted molar refractivity (Wildman–Crippen MR) is 88.7 cm³/mol. The third kappa shape index (κ3) is 3.14. The summed E-state index contributed by atoms with van der Waals surface area (Å²) in [4.78, 5) is 4.89. The average Bonchev–Trinajstić information content (AvgIpc) is 2.40. The van der Waals surface area contributed by atoms with Crippen molar-refractivity contribution in [2.45, 2.75) is 27.2 Å². The molecular formula is C16H19N3S. The molecule has 0 saturated carbocycles. The first kappa shape index (κ1) is 14.5. The molecule has 0 unspecified atom stereocenters. The largest absolute Gasteiger partial charge is 0.389 e. The SMILES string of the molecule is CCc1cccc(C)c1Nc1cc(C(N)=S)cc(C)n1. The highest BCUT2D eigenvalue weighted by atomic mass is 32.1. The number of thiocarbonyl (C=S) groups is 1. The highest BCUT2D eigenvalue weighted by Crippen LogP contribution is 2.25. The first-order chi connectivity index (χ1) is 9.51. The molecule has 0 atom stereocenters. The topological polar surface area (TPSA) is 50.9 Å². The lowest BCUT2D eigenvalue weighted by Gasteiger charge is -2.14. The summed E-state index contributed by atoms with van der Waals surface area (Å²) in [6.07, 6.45) is 0.970. The zero-order chi connectivity index (χ0) is 14.7. The van der Waals surface area contributed by atoms with E-state index in [0.717, 1.165) is 29.2 Å². The number of pyridine rings is 1. The number of para-hydroxylation sites is 1. The Labute approximate surface area is 125 Å². The van der Waals surface area contributed by atoms with E-state index in [0.29, 0.717) is 4.99 Å². The zero-order valence-corrected chi connectivity index (χ0v) is 12.8. The second-order valence-corrected chi connectivity index (χ2v) is 5.27. The third-order valence-corrected chi connectivity index (χ3v) is 3.47. The smallest absolute Gasteiger partial charge is 0.131 e. The number of nitrogens with zero attached hydrogens (tertiary/aromatic N) is 1. The van der Waals surface area contributed by atoms with E-state index in [9.17, 15) is 0 Å². The van der Waals surface area contributed by atoms with Crippen molar-refractivity contribution in [1.82, 2.24) is 4.98 Å². The van der Waals surface area contributed by atoms with Crippen LogP contribution in [0.2, 0.25) is 0 Å². The fourth-order valence-electron chi connectivity index (χ4n) is 2.20. The van der Waals surface area contributed by atoms with E-state index in [-0.39, 0.29) is 0 Å². The highest BCUT2D eigenvalue weighted by Gasteiger charge is 2.07. The molecule has 0 fully saturated rings. The van der Waals surface area contributed by atoms with Crippen molar-refractivity contribution in [2.75, 3.05) is 5.32 Å². The van der Waals surface area contributed by atoms with Gasteiger partial charge in [0.05, 0.1) is 0 Å². The van der Waals surface area contributed by atoms with Crippen LogP contribution in [0.4, 0.5) is 11.5 Å². The summed E-state index contributed by atoms with van der Waals surface area (Å²) in [6.45, 7) is 6.17. The van der Waals surface area contributed by atoms with Crippen molar-refractivity contribution in [1.29, 1.82) is 0 Å². The molecule has 0 amide bonds. The van der Waals surface area contributed by atoms with Gasteiger partial charge in [-0.15, -0.1) is 0 Å². The Bertz CT molecular complexity index is 650. The van der Waals surface area contributed by atoms with E-state index in [1.807, 2.05) is 19.1 Å². The molecule has 2 aromatic rings. The molecule has 0 aliphatic rings. The Morgan fingerprint density at radius 2 is 2.05 bits per heavy atom. The van der Waals surface area contributed by atoms with Crippen LogP contribution in [0.5, 0.6) is 0 Å². The van der Waals surface area contributed by atoms with Gasteiger partial charge in [0.1, 0.15) is 10.8 Å². The minimum atomic E-state index is 0.388. The third-order valence-electron chi connectivity index (χ3n) is 3.23. The molecule has 20 heavy (non-hydrogen) atoms. The first-order valence-electron chi connectivity index (χ1n) is 6.65. The number of nitrogens with two attached hydrogens (primary N) is 1. The van der Waals surface area contributed by atoms with Gasteiger partial charge in [0.2, 0.25) is 0 Å². The maximum Gasteiger partial charge on any atom is 0.131 e. The van der Waals surface area contributed by atoms with Gasteiger partial charge in [-0.3, -0.25) is 0 Å². The van der Waals surface area contributed by atoms with Crippen molar-refractivity contribution >= 4 is 28.7 Å². The summed E-state index contributed by atoms with van der Waals surface area (Å²) in [6, 6.07) is 10.1. The molecule has 2 rings (SSSR count). The summed E-state index contributed by atoms with van der Waals surface area (Å²) < 4.78 is 0. The molecule has 104 valence electrons. The number of nitrogens with one attached hydrogen (secondary N) is 1. The van der Waals surface area contributed by atoms with E-state index in [1.165, 1.54) is 11.1 Å². The van der Waals surface area contributed by atoms with Crippen LogP contribution in [0.25, 0.3) is 0 Å². The summed E-state index contributed by atoms with van der Waals surface area (Å²) in [7, 11) is 0. The number of anilines is 2. The second kappa shape index (κ2) is 6.01. The Hall–Kier alpha value is -1.94. The molecule has 0 saturated heterocycles. The molecule has 4 heteroatoms. The van der Waals surface area contributed by atoms with Crippen LogP contribution >= 0.6 is 12.2 Å². The lowest BCUT2D eigenvalue weighted by molar-refractivity contribution is 1.12. The molecule has 0 spiro atoms. The van der Waals surface area contributed by atoms with Gasteiger partial charge < -0.3 is 11.1 Å². The summed E-state index contributed by atoms with van der Waals surface area (Å²) in [5, 5.41) is 3.40. The van der Waals surface area contributed by atoms with Crippen LogP contribution in [0.1, 0.15) is 29.3 Å². The summed E-state index contributed by atoms with van der Waals surface area (Å²) >= 11 is 5.04. The van der Waals surface area contributed by atoms with Crippen LogP contribution in [-0.2, 0) is 6.42 Å². The summed E-state index contributed by atoms with van der Waals surface area (Å²) in [5.41, 5.74) is 11.0. The minimum Gasteiger partial charge on any atom is -0.389 e. The van der Waals surface area contributed by atoms with Gasteiger partial charge in [0, 0.05) is 16.9 Å². The van der Waals surface area contributed by atoms with E-state index < -0.39 is 0 Å². The Balaban J connectivity index is 2.42. The Morgan fingerprint density at radius 3 is 2.70 bits per heavy atom. The molecule has 3 nitrogen and oxygen atoms in total. The lowest BCUT2D eigenvalue weighted by atomic mass is 10.1. The number of aryl methyl sites for hydroxylation is 3. The number of hydrogen-bond donors (Lipinski definition) is 2. The van der Waals surface area contributed by atoms with Crippen LogP contribution in [0.15, 0.2) is 30.3 Å². The van der Waals surface area contributed by atoms with Gasteiger partial charge in [-0.05, 0) is 43.5 Å². The normalized spacial score (nSPS) is 10.3. The van der Waals surface area contributed by atoms with Crippen molar-refractivity contribution in [3.05, 3.63) is 52.7 Å². The van der Waals surface area contributed by atoms with E-state index >= 15 is 0 Å². The van der Waals surface area contributed by atoms with E-state index in [2.05, 4.69) is 42.3 Å². The maximum atomic E-state index is 5.71. The average molecular weight is 285 g/mol. The van der Waals surface area contributed by atoms with Gasteiger partial charge in [-0.2, -0.15) is 0 Å². The van der Waals surface area contributed by atoms with Gasteiger partial charge in [0.25, 0.3) is 0 Å². The van der Waals surface area contributed by atoms with Crippen molar-refractivity contribution in [3.63, 3.8) is 0 Å². The summed E-state index contributed by atoms with van der Waals surface area (Å²) in [5.74, 6) is 0.775. The fourth-order valence-corrected chi connectivity index (χ4v) is 2.32. The molecule has 0 aliphatic heterocycles. The van der Waals surface area contributed by atoms with Gasteiger partial charge >= 0.3 is 0 Å².